The second kappa shape index (κ2) is 8.30. The molecule has 2 N–H and O–H groups in total. The van der Waals surface area contributed by atoms with Crippen LogP contribution >= 0.6 is 0 Å². The summed E-state index contributed by atoms with van der Waals surface area (Å²) in [5.74, 6) is -0.759. The van der Waals surface area contributed by atoms with Crippen LogP contribution in [0, 0.1) is 0 Å². The van der Waals surface area contributed by atoms with Crippen molar-refractivity contribution in [2.75, 3.05) is 18.4 Å². The molecular formula is C21H20N6O5S. The van der Waals surface area contributed by atoms with Crippen LogP contribution in [0.1, 0.15) is 29.8 Å². The Morgan fingerprint density at radius 1 is 1.09 bits per heavy atom. The summed E-state index contributed by atoms with van der Waals surface area (Å²) in [4.78, 5) is 31.5. The van der Waals surface area contributed by atoms with E-state index in [-0.39, 0.29) is 16.4 Å². The number of para-hydroxylation sites is 2. The highest BCUT2D eigenvalue weighted by atomic mass is 32.2. The predicted octanol–water partition coefficient (Wildman–Crippen LogP) is 2.13. The third-order valence-electron chi connectivity index (χ3n) is 5.47. The molecule has 0 unspecified atom stereocenters. The standard InChI is InChI=1S/C21H20N6O5S/c28-20-14-12-24-27(19(14)22-13-23-20)16-7-3-2-6-15(16)25-21(29)17-8-9-18(32-17)33(30,31)26-10-4-1-5-11-26/h2-3,6-9,12-13H,1,4-5,10-11H2,(H,25,29)(H,22,23,28). The number of H-pyrrole nitrogens is 1. The van der Waals surface area contributed by atoms with Crippen molar-refractivity contribution in [2.24, 2.45) is 0 Å². The van der Waals surface area contributed by atoms with E-state index in [4.69, 9.17) is 4.42 Å². The molecule has 33 heavy (non-hydrogen) atoms. The number of benzene rings is 1. The Balaban J connectivity index is 1.43. The molecule has 0 spiro atoms. The zero-order valence-corrected chi connectivity index (χ0v) is 18.2. The lowest BCUT2D eigenvalue weighted by Crippen LogP contribution is -2.35. The average molecular weight is 468 g/mol. The van der Waals surface area contributed by atoms with Gasteiger partial charge in [0.15, 0.2) is 11.4 Å². The molecule has 12 heteroatoms. The third-order valence-corrected chi connectivity index (χ3v) is 7.24. The summed E-state index contributed by atoms with van der Waals surface area (Å²) >= 11 is 0. The van der Waals surface area contributed by atoms with Crippen molar-refractivity contribution in [2.45, 2.75) is 24.4 Å². The second-order valence-electron chi connectivity index (χ2n) is 7.58. The fourth-order valence-corrected chi connectivity index (χ4v) is 5.22. The van der Waals surface area contributed by atoms with E-state index in [2.05, 4.69) is 20.4 Å². The van der Waals surface area contributed by atoms with Crippen LogP contribution < -0.4 is 10.9 Å². The summed E-state index contributed by atoms with van der Waals surface area (Å²) in [6.45, 7) is 0.874. The fourth-order valence-electron chi connectivity index (χ4n) is 3.79. The van der Waals surface area contributed by atoms with Crippen LogP contribution in [0.5, 0.6) is 0 Å². The second-order valence-corrected chi connectivity index (χ2v) is 9.45. The van der Waals surface area contributed by atoms with Crippen LogP contribution in [0.2, 0.25) is 0 Å². The molecule has 11 nitrogen and oxygen atoms in total. The summed E-state index contributed by atoms with van der Waals surface area (Å²) in [6.07, 6.45) is 5.26. The Morgan fingerprint density at radius 2 is 1.88 bits per heavy atom. The number of aromatic amines is 1. The molecule has 0 saturated carbocycles. The number of furan rings is 1. The number of piperidine rings is 1. The number of rotatable bonds is 5. The highest BCUT2D eigenvalue weighted by Gasteiger charge is 2.29. The minimum Gasteiger partial charge on any atom is -0.438 e. The molecule has 4 heterocycles. The maximum atomic E-state index is 12.9. The van der Waals surface area contributed by atoms with Gasteiger partial charge in [-0.15, -0.1) is 0 Å². The lowest BCUT2D eigenvalue weighted by molar-refractivity contribution is 0.0991. The molecule has 3 aromatic heterocycles. The number of anilines is 1. The molecule has 0 atom stereocenters. The minimum absolute atomic E-state index is 0.139. The summed E-state index contributed by atoms with van der Waals surface area (Å²) in [6, 6.07) is 9.46. The first-order valence-corrected chi connectivity index (χ1v) is 11.8. The van der Waals surface area contributed by atoms with Gasteiger partial charge in [0.1, 0.15) is 5.39 Å². The van der Waals surface area contributed by atoms with Crippen LogP contribution in [0.3, 0.4) is 0 Å². The normalized spacial score (nSPS) is 15.0. The molecule has 0 aliphatic carbocycles. The fraction of sp³-hybridized carbons (Fsp3) is 0.238. The van der Waals surface area contributed by atoms with E-state index in [0.29, 0.717) is 35.5 Å². The van der Waals surface area contributed by atoms with Gasteiger partial charge in [-0.1, -0.05) is 18.6 Å². The summed E-state index contributed by atoms with van der Waals surface area (Å²) in [7, 11) is -3.79. The number of amides is 1. The average Bonchev–Trinajstić information content (AvgIpc) is 3.49. The number of carbonyl (C=O) groups is 1. The molecule has 1 amide bonds. The molecule has 170 valence electrons. The van der Waals surface area contributed by atoms with Crippen molar-refractivity contribution >= 4 is 32.7 Å². The number of sulfonamides is 1. The molecular weight excluding hydrogens is 448 g/mol. The Hall–Kier alpha value is -3.77. The SMILES string of the molecule is O=C(Nc1ccccc1-n1ncc2c(=O)[nH]cnc21)c1ccc(S(=O)(=O)N2CCCCC2)o1. The van der Waals surface area contributed by atoms with E-state index in [1.54, 1.807) is 24.3 Å². The molecule has 0 radical (unpaired) electrons. The van der Waals surface area contributed by atoms with Gasteiger partial charge >= 0.3 is 0 Å². The van der Waals surface area contributed by atoms with E-state index in [0.717, 1.165) is 19.3 Å². The van der Waals surface area contributed by atoms with Crippen molar-refractivity contribution in [3.63, 3.8) is 0 Å². The molecule has 5 rings (SSSR count). The van der Waals surface area contributed by atoms with Gasteiger partial charge in [0.25, 0.3) is 21.5 Å². The summed E-state index contributed by atoms with van der Waals surface area (Å²) in [5.41, 5.74) is 0.859. The highest BCUT2D eigenvalue weighted by Crippen LogP contribution is 2.25. The van der Waals surface area contributed by atoms with Gasteiger partial charge in [0.2, 0.25) is 5.09 Å². The van der Waals surface area contributed by atoms with Crippen LogP contribution in [0.25, 0.3) is 16.7 Å². The molecule has 1 aromatic carbocycles. The first-order chi connectivity index (χ1) is 15.9. The first kappa shape index (κ1) is 21.1. The Bertz CT molecular complexity index is 1500. The number of nitrogens with zero attached hydrogens (tertiary/aromatic N) is 4. The van der Waals surface area contributed by atoms with E-state index in [9.17, 15) is 18.0 Å². The van der Waals surface area contributed by atoms with Gasteiger partial charge in [-0.05, 0) is 37.1 Å². The monoisotopic (exact) mass is 468 g/mol. The van der Waals surface area contributed by atoms with E-state index in [1.807, 2.05) is 0 Å². The molecule has 1 aliphatic heterocycles. The van der Waals surface area contributed by atoms with Gasteiger partial charge < -0.3 is 14.7 Å². The lowest BCUT2D eigenvalue weighted by Gasteiger charge is -2.24. The number of carbonyl (C=O) groups excluding carboxylic acids is 1. The van der Waals surface area contributed by atoms with Crippen LogP contribution in [0.4, 0.5) is 5.69 Å². The number of hydrogen-bond donors (Lipinski definition) is 2. The van der Waals surface area contributed by atoms with Crippen LogP contribution in [-0.2, 0) is 10.0 Å². The van der Waals surface area contributed by atoms with E-state index in [1.165, 1.54) is 33.6 Å². The lowest BCUT2D eigenvalue weighted by atomic mass is 10.2. The predicted molar refractivity (Wildman–Crippen MR) is 119 cm³/mol. The maximum absolute atomic E-state index is 12.9. The van der Waals surface area contributed by atoms with Crippen molar-refractivity contribution in [3.8, 4) is 5.69 Å². The zero-order valence-electron chi connectivity index (χ0n) is 17.4. The first-order valence-electron chi connectivity index (χ1n) is 10.4. The molecule has 1 aliphatic rings. The van der Waals surface area contributed by atoms with Gasteiger partial charge in [-0.2, -0.15) is 9.40 Å². The smallest absolute Gasteiger partial charge is 0.291 e. The molecule has 4 aromatic rings. The van der Waals surface area contributed by atoms with Crippen LogP contribution in [-0.4, -0.2) is 51.5 Å². The Kier molecular flexibility index (Phi) is 5.30. The van der Waals surface area contributed by atoms with Gasteiger partial charge in [-0.25, -0.2) is 18.1 Å². The van der Waals surface area contributed by atoms with Crippen molar-refractivity contribution < 1.29 is 17.6 Å². The zero-order chi connectivity index (χ0) is 23.0. The summed E-state index contributed by atoms with van der Waals surface area (Å²) < 4.78 is 33.8. The Morgan fingerprint density at radius 3 is 2.70 bits per heavy atom. The minimum atomic E-state index is -3.79. The van der Waals surface area contributed by atoms with Crippen LogP contribution in [0.15, 0.2) is 63.2 Å². The van der Waals surface area contributed by atoms with Crippen molar-refractivity contribution in [1.82, 2.24) is 24.1 Å². The topological polar surface area (TPSA) is 143 Å². The van der Waals surface area contributed by atoms with Gasteiger partial charge in [0, 0.05) is 13.1 Å². The third kappa shape index (κ3) is 3.83. The number of hydrogen-bond acceptors (Lipinski definition) is 7. The number of aromatic nitrogens is 4. The summed E-state index contributed by atoms with van der Waals surface area (Å²) in [5, 5.41) is 7.00. The van der Waals surface area contributed by atoms with Crippen molar-refractivity contribution in [1.29, 1.82) is 0 Å². The number of nitrogens with one attached hydrogen (secondary N) is 2. The maximum Gasteiger partial charge on any atom is 0.291 e. The van der Waals surface area contributed by atoms with E-state index >= 15 is 0 Å². The quantitative estimate of drug-likeness (QED) is 0.457. The van der Waals surface area contributed by atoms with Gasteiger partial charge in [0.05, 0.1) is 23.9 Å². The Labute approximate surface area is 188 Å². The van der Waals surface area contributed by atoms with Gasteiger partial charge in [-0.3, -0.25) is 9.59 Å². The number of fused-ring (bicyclic) bond motifs is 1. The molecule has 1 saturated heterocycles. The largest absolute Gasteiger partial charge is 0.438 e. The molecule has 0 bridgehead atoms. The van der Waals surface area contributed by atoms with Crippen molar-refractivity contribution in [3.05, 3.63) is 65.0 Å². The van der Waals surface area contributed by atoms with E-state index < -0.39 is 15.9 Å². The molecule has 1 fully saturated rings. The highest BCUT2D eigenvalue weighted by molar-refractivity contribution is 7.89.